The molecule has 0 amide bonds. The molecule has 84 valence electrons. The van der Waals surface area contributed by atoms with E-state index in [9.17, 15) is 5.11 Å². The van der Waals surface area contributed by atoms with E-state index >= 15 is 0 Å². The Morgan fingerprint density at radius 2 is 2.12 bits per heavy atom. The van der Waals surface area contributed by atoms with E-state index in [1.807, 2.05) is 30.3 Å². The van der Waals surface area contributed by atoms with E-state index < -0.39 is 12.2 Å². The Hall–Kier alpha value is -1.56. The van der Waals surface area contributed by atoms with E-state index in [2.05, 4.69) is 12.5 Å². The second kappa shape index (κ2) is 6.12. The molecule has 16 heavy (non-hydrogen) atoms. The van der Waals surface area contributed by atoms with Crippen LogP contribution in [-0.4, -0.2) is 17.3 Å². The first-order valence-corrected chi connectivity index (χ1v) is 5.10. The Balaban J connectivity index is 2.58. The summed E-state index contributed by atoms with van der Waals surface area (Å²) in [4.78, 5) is 0. The van der Waals surface area contributed by atoms with E-state index in [1.54, 1.807) is 6.92 Å². The zero-order valence-corrected chi connectivity index (χ0v) is 9.39. The highest BCUT2D eigenvalue weighted by Gasteiger charge is 2.18. The highest BCUT2D eigenvalue weighted by atomic mass is 16.5. The minimum absolute atomic E-state index is 0.414. The molecule has 2 nitrogen and oxygen atoms in total. The summed E-state index contributed by atoms with van der Waals surface area (Å²) in [5.41, 5.74) is 1.76. The lowest BCUT2D eigenvalue weighted by Crippen LogP contribution is -2.28. The van der Waals surface area contributed by atoms with Crippen molar-refractivity contribution in [3.8, 4) is 12.3 Å². The van der Waals surface area contributed by atoms with Crippen molar-refractivity contribution in [3.05, 3.63) is 48.0 Å². The van der Waals surface area contributed by atoms with Crippen molar-refractivity contribution >= 4 is 0 Å². The van der Waals surface area contributed by atoms with Crippen molar-refractivity contribution in [1.82, 2.24) is 0 Å². The molecule has 0 spiro atoms. The number of ether oxygens (including phenoxy) is 1. The fraction of sp³-hybridized carbons (Fsp3) is 0.286. The molecule has 0 aliphatic heterocycles. The van der Waals surface area contributed by atoms with Crippen LogP contribution in [0, 0.1) is 12.3 Å². The molecule has 0 aliphatic rings. The van der Waals surface area contributed by atoms with Gasteiger partial charge in [-0.2, -0.15) is 0 Å². The average Bonchev–Trinajstić information content (AvgIpc) is 2.30. The van der Waals surface area contributed by atoms with Gasteiger partial charge in [0.25, 0.3) is 0 Å². The Morgan fingerprint density at radius 1 is 1.50 bits per heavy atom. The van der Waals surface area contributed by atoms with Crippen molar-refractivity contribution in [2.75, 3.05) is 0 Å². The first-order valence-electron chi connectivity index (χ1n) is 5.10. The molecule has 0 fully saturated rings. The number of aliphatic hydroxyl groups excluding tert-OH is 1. The van der Waals surface area contributed by atoms with Gasteiger partial charge < -0.3 is 9.84 Å². The molecule has 0 saturated carbocycles. The fourth-order valence-electron chi connectivity index (χ4n) is 1.35. The van der Waals surface area contributed by atoms with Crippen LogP contribution in [0.5, 0.6) is 0 Å². The average molecular weight is 216 g/mol. The van der Waals surface area contributed by atoms with Crippen LogP contribution in [-0.2, 0) is 11.3 Å². The third-order valence-corrected chi connectivity index (χ3v) is 2.22. The second-order valence-electron chi connectivity index (χ2n) is 3.68. The maximum atomic E-state index is 9.54. The summed E-state index contributed by atoms with van der Waals surface area (Å²) in [6, 6.07) is 9.73. The normalized spacial score (nSPS) is 13.8. The minimum Gasteiger partial charge on any atom is -0.377 e. The lowest BCUT2D eigenvalue weighted by Gasteiger charge is -2.20. The van der Waals surface area contributed by atoms with Gasteiger partial charge in [0.05, 0.1) is 6.61 Å². The fourth-order valence-corrected chi connectivity index (χ4v) is 1.35. The minimum atomic E-state index is -0.943. The standard InChI is InChI=1S/C14H16O2/c1-4-13(15)14(11(2)3)16-10-12-8-6-5-7-9-12/h1,5-9,13-15H,2,10H2,3H3/t13-,14+/m0/s1. The second-order valence-corrected chi connectivity index (χ2v) is 3.68. The molecule has 2 atom stereocenters. The largest absolute Gasteiger partial charge is 0.377 e. The topological polar surface area (TPSA) is 29.5 Å². The third-order valence-electron chi connectivity index (χ3n) is 2.22. The SMILES string of the molecule is C#C[C@H](O)[C@H](OCc1ccccc1)C(=C)C. The molecule has 1 aromatic rings. The van der Waals surface area contributed by atoms with Crippen molar-refractivity contribution in [2.45, 2.75) is 25.7 Å². The number of hydrogen-bond donors (Lipinski definition) is 1. The number of hydrogen-bond acceptors (Lipinski definition) is 2. The summed E-state index contributed by atoms with van der Waals surface area (Å²) in [5, 5.41) is 9.54. The van der Waals surface area contributed by atoms with Gasteiger partial charge in [-0.25, -0.2) is 0 Å². The van der Waals surface area contributed by atoms with Gasteiger partial charge in [-0.05, 0) is 18.1 Å². The lowest BCUT2D eigenvalue weighted by atomic mass is 10.1. The van der Waals surface area contributed by atoms with Crippen LogP contribution in [0.1, 0.15) is 12.5 Å². The first kappa shape index (κ1) is 12.5. The van der Waals surface area contributed by atoms with Gasteiger partial charge in [-0.1, -0.05) is 42.8 Å². The monoisotopic (exact) mass is 216 g/mol. The van der Waals surface area contributed by atoms with Crippen LogP contribution in [0.3, 0.4) is 0 Å². The molecule has 2 heteroatoms. The molecule has 0 aromatic heterocycles. The van der Waals surface area contributed by atoms with Crippen LogP contribution in [0.25, 0.3) is 0 Å². The molecular formula is C14H16O2. The molecule has 1 rings (SSSR count). The molecule has 0 unspecified atom stereocenters. The van der Waals surface area contributed by atoms with Crippen molar-refractivity contribution < 1.29 is 9.84 Å². The van der Waals surface area contributed by atoms with Gasteiger partial charge in [-0.15, -0.1) is 6.42 Å². The first-order chi connectivity index (χ1) is 7.65. The van der Waals surface area contributed by atoms with Gasteiger partial charge in [0.1, 0.15) is 12.2 Å². The van der Waals surface area contributed by atoms with Crippen molar-refractivity contribution in [1.29, 1.82) is 0 Å². The van der Waals surface area contributed by atoms with E-state index in [4.69, 9.17) is 11.2 Å². The molecule has 1 aromatic carbocycles. The van der Waals surface area contributed by atoms with Gasteiger partial charge in [0.2, 0.25) is 0 Å². The van der Waals surface area contributed by atoms with E-state index in [0.717, 1.165) is 11.1 Å². The van der Waals surface area contributed by atoms with Crippen molar-refractivity contribution in [3.63, 3.8) is 0 Å². The zero-order valence-electron chi connectivity index (χ0n) is 9.39. The summed E-state index contributed by atoms with van der Waals surface area (Å²) in [6.45, 7) is 5.96. The smallest absolute Gasteiger partial charge is 0.144 e. The summed E-state index contributed by atoms with van der Waals surface area (Å²) in [5.74, 6) is 2.25. The Bertz CT molecular complexity index is 375. The molecule has 0 bridgehead atoms. The van der Waals surface area contributed by atoms with Crippen molar-refractivity contribution in [2.24, 2.45) is 0 Å². The quantitative estimate of drug-likeness (QED) is 0.603. The van der Waals surface area contributed by atoms with Crippen LogP contribution >= 0.6 is 0 Å². The number of rotatable bonds is 5. The molecule has 0 saturated heterocycles. The van der Waals surface area contributed by atoms with Crippen LogP contribution in [0.2, 0.25) is 0 Å². The molecule has 0 radical (unpaired) electrons. The van der Waals surface area contributed by atoms with Gasteiger partial charge >= 0.3 is 0 Å². The predicted molar refractivity (Wildman–Crippen MR) is 64.7 cm³/mol. The summed E-state index contributed by atoms with van der Waals surface area (Å²) in [7, 11) is 0. The number of terminal acetylenes is 1. The van der Waals surface area contributed by atoms with Gasteiger partial charge in [-0.3, -0.25) is 0 Å². The highest BCUT2D eigenvalue weighted by molar-refractivity contribution is 5.15. The predicted octanol–water partition coefficient (Wildman–Crippen LogP) is 2.14. The Labute approximate surface area is 96.6 Å². The van der Waals surface area contributed by atoms with E-state index in [1.165, 1.54) is 0 Å². The Morgan fingerprint density at radius 3 is 2.62 bits per heavy atom. The molecule has 0 aliphatic carbocycles. The summed E-state index contributed by atoms with van der Waals surface area (Å²) in [6.07, 6.45) is 3.71. The number of benzene rings is 1. The summed E-state index contributed by atoms with van der Waals surface area (Å²) < 4.78 is 5.55. The van der Waals surface area contributed by atoms with Crippen LogP contribution < -0.4 is 0 Å². The highest BCUT2D eigenvalue weighted by Crippen LogP contribution is 2.12. The molecule has 0 heterocycles. The lowest BCUT2D eigenvalue weighted by molar-refractivity contribution is -0.000708. The van der Waals surface area contributed by atoms with E-state index in [-0.39, 0.29) is 0 Å². The third kappa shape index (κ3) is 3.54. The number of aliphatic hydroxyl groups is 1. The molecule has 1 N–H and O–H groups in total. The van der Waals surface area contributed by atoms with Crippen LogP contribution in [0.15, 0.2) is 42.5 Å². The Kier molecular flexibility index (Phi) is 4.78. The summed E-state index contributed by atoms with van der Waals surface area (Å²) >= 11 is 0. The molecular weight excluding hydrogens is 200 g/mol. The van der Waals surface area contributed by atoms with Gasteiger partial charge in [0, 0.05) is 0 Å². The zero-order chi connectivity index (χ0) is 12.0. The maximum absolute atomic E-state index is 9.54. The van der Waals surface area contributed by atoms with Gasteiger partial charge in [0.15, 0.2) is 0 Å². The van der Waals surface area contributed by atoms with Crippen LogP contribution in [0.4, 0.5) is 0 Å². The van der Waals surface area contributed by atoms with E-state index in [0.29, 0.717) is 6.61 Å². The maximum Gasteiger partial charge on any atom is 0.144 e.